The van der Waals surface area contributed by atoms with Gasteiger partial charge in [0.1, 0.15) is 5.76 Å². The van der Waals surface area contributed by atoms with E-state index in [2.05, 4.69) is 32.2 Å². The smallest absolute Gasteiger partial charge is 0.105 e. The van der Waals surface area contributed by atoms with E-state index in [1.807, 2.05) is 6.07 Å². The molecule has 2 aliphatic rings. The van der Waals surface area contributed by atoms with Gasteiger partial charge in [-0.15, -0.1) is 0 Å². The molecule has 1 N–H and O–H groups in total. The highest BCUT2D eigenvalue weighted by Gasteiger charge is 2.60. The van der Waals surface area contributed by atoms with E-state index in [9.17, 15) is 0 Å². The summed E-state index contributed by atoms with van der Waals surface area (Å²) in [5, 5.41) is 3.79. The molecule has 2 fully saturated rings. The summed E-state index contributed by atoms with van der Waals surface area (Å²) in [6, 6.07) is 4.73. The Morgan fingerprint density at radius 1 is 1.39 bits per heavy atom. The third-order valence-electron chi connectivity index (χ3n) is 6.14. The molecular weight excluding hydrogens is 222 g/mol. The highest BCUT2D eigenvalue weighted by atomic mass is 16.3. The first-order valence-electron chi connectivity index (χ1n) is 7.30. The summed E-state index contributed by atoms with van der Waals surface area (Å²) in [7, 11) is 0. The molecule has 0 amide bonds. The summed E-state index contributed by atoms with van der Waals surface area (Å²) in [6.07, 6.45) is 6.95. The van der Waals surface area contributed by atoms with E-state index in [0.29, 0.717) is 16.9 Å². The summed E-state index contributed by atoms with van der Waals surface area (Å²) < 4.78 is 5.39. The maximum Gasteiger partial charge on any atom is 0.105 e. The molecule has 2 nitrogen and oxygen atoms in total. The minimum atomic E-state index is 0.487. The van der Waals surface area contributed by atoms with Crippen molar-refractivity contribution in [3.05, 3.63) is 24.2 Å². The molecule has 1 aromatic heterocycles. The van der Waals surface area contributed by atoms with E-state index in [1.54, 1.807) is 6.26 Å². The zero-order valence-corrected chi connectivity index (χ0v) is 11.8. The minimum absolute atomic E-state index is 0.487. The van der Waals surface area contributed by atoms with Crippen molar-refractivity contribution in [2.24, 2.45) is 16.7 Å². The van der Waals surface area contributed by atoms with Crippen molar-refractivity contribution in [1.82, 2.24) is 5.32 Å². The monoisotopic (exact) mass is 247 g/mol. The average molecular weight is 247 g/mol. The summed E-state index contributed by atoms with van der Waals surface area (Å²) >= 11 is 0. The van der Waals surface area contributed by atoms with Crippen LogP contribution in [-0.4, -0.2) is 12.6 Å². The zero-order valence-electron chi connectivity index (χ0n) is 11.8. The minimum Gasteiger partial charge on any atom is -0.469 e. The van der Waals surface area contributed by atoms with Gasteiger partial charge in [-0.25, -0.2) is 0 Å². The van der Waals surface area contributed by atoms with Crippen LogP contribution in [-0.2, 0) is 6.42 Å². The van der Waals surface area contributed by atoms with Gasteiger partial charge in [0.05, 0.1) is 6.26 Å². The van der Waals surface area contributed by atoms with E-state index >= 15 is 0 Å². The Bertz CT molecular complexity index is 409. The number of fused-ring (bicyclic) bond motifs is 2. The fraction of sp³-hybridized carbons (Fsp3) is 0.750. The first kappa shape index (κ1) is 12.3. The first-order valence-corrected chi connectivity index (χ1v) is 7.30. The van der Waals surface area contributed by atoms with Crippen LogP contribution in [0.4, 0.5) is 0 Å². The first-order chi connectivity index (χ1) is 8.54. The van der Waals surface area contributed by atoms with Crippen molar-refractivity contribution < 1.29 is 4.42 Å². The Kier molecular flexibility index (Phi) is 2.81. The van der Waals surface area contributed by atoms with Gasteiger partial charge < -0.3 is 9.73 Å². The molecule has 18 heavy (non-hydrogen) atoms. The molecule has 0 aliphatic heterocycles. The number of nitrogens with one attached hydrogen (secondary N) is 1. The molecule has 0 saturated heterocycles. The van der Waals surface area contributed by atoms with Crippen LogP contribution in [0.3, 0.4) is 0 Å². The molecule has 0 radical (unpaired) electrons. The number of rotatable bonds is 4. The molecule has 1 aromatic rings. The lowest BCUT2D eigenvalue weighted by molar-refractivity contribution is 0.121. The highest BCUT2D eigenvalue weighted by Crippen LogP contribution is 2.65. The van der Waals surface area contributed by atoms with Crippen LogP contribution < -0.4 is 5.32 Å². The molecule has 0 aromatic carbocycles. The second-order valence-corrected chi connectivity index (χ2v) is 6.95. The average Bonchev–Trinajstić information content (AvgIpc) is 2.95. The van der Waals surface area contributed by atoms with Gasteiger partial charge in [0.2, 0.25) is 0 Å². The predicted octanol–water partition coefficient (Wildman–Crippen LogP) is 3.63. The Hall–Kier alpha value is -0.760. The van der Waals surface area contributed by atoms with Crippen molar-refractivity contribution in [2.75, 3.05) is 6.54 Å². The Balaban J connectivity index is 1.59. The lowest BCUT2D eigenvalue weighted by atomic mass is 9.69. The van der Waals surface area contributed by atoms with Crippen LogP contribution in [0.2, 0.25) is 0 Å². The second-order valence-electron chi connectivity index (χ2n) is 6.95. The standard InChI is InChI=1S/C16H25NO/c1-15(2)12-6-8-16(15,3)14(11-12)17-9-7-13-5-4-10-18-13/h4-5,10,12,14,17H,6-9,11H2,1-3H3. The molecule has 2 saturated carbocycles. The van der Waals surface area contributed by atoms with Crippen LogP contribution in [0.25, 0.3) is 0 Å². The van der Waals surface area contributed by atoms with Crippen molar-refractivity contribution in [2.45, 2.75) is 52.5 Å². The van der Waals surface area contributed by atoms with Gasteiger partial charge in [-0.1, -0.05) is 20.8 Å². The van der Waals surface area contributed by atoms with Gasteiger partial charge in [-0.2, -0.15) is 0 Å². The van der Waals surface area contributed by atoms with Crippen LogP contribution >= 0.6 is 0 Å². The molecule has 2 heteroatoms. The lowest BCUT2D eigenvalue weighted by Gasteiger charge is -2.39. The molecule has 3 unspecified atom stereocenters. The van der Waals surface area contributed by atoms with Gasteiger partial charge in [0.15, 0.2) is 0 Å². The Labute approximate surface area is 110 Å². The van der Waals surface area contributed by atoms with Crippen molar-refractivity contribution in [1.29, 1.82) is 0 Å². The van der Waals surface area contributed by atoms with Gasteiger partial charge in [0.25, 0.3) is 0 Å². The van der Waals surface area contributed by atoms with Crippen LogP contribution in [0.5, 0.6) is 0 Å². The second kappa shape index (κ2) is 4.12. The summed E-state index contributed by atoms with van der Waals surface area (Å²) in [4.78, 5) is 0. The van der Waals surface area contributed by atoms with Crippen molar-refractivity contribution in [3.63, 3.8) is 0 Å². The molecule has 2 bridgehead atoms. The fourth-order valence-electron chi connectivity index (χ4n) is 4.34. The Morgan fingerprint density at radius 2 is 2.22 bits per heavy atom. The SMILES string of the molecule is CC1(C)C2CCC1(C)C(NCCc1ccco1)C2. The third-order valence-corrected chi connectivity index (χ3v) is 6.14. The van der Waals surface area contributed by atoms with Crippen LogP contribution in [0, 0.1) is 16.7 Å². The third kappa shape index (κ3) is 1.65. The van der Waals surface area contributed by atoms with E-state index in [4.69, 9.17) is 4.42 Å². The fourth-order valence-corrected chi connectivity index (χ4v) is 4.34. The van der Waals surface area contributed by atoms with E-state index in [0.717, 1.165) is 24.6 Å². The van der Waals surface area contributed by atoms with Crippen LogP contribution in [0.1, 0.15) is 45.8 Å². The molecule has 1 heterocycles. The maximum absolute atomic E-state index is 5.39. The van der Waals surface area contributed by atoms with Crippen molar-refractivity contribution >= 4 is 0 Å². The quantitative estimate of drug-likeness (QED) is 0.879. The zero-order chi connectivity index (χ0) is 12.8. The van der Waals surface area contributed by atoms with Gasteiger partial charge in [-0.05, 0) is 48.1 Å². The number of furan rings is 1. The molecular formula is C16H25NO. The predicted molar refractivity (Wildman–Crippen MR) is 73.4 cm³/mol. The maximum atomic E-state index is 5.39. The van der Waals surface area contributed by atoms with Crippen LogP contribution in [0.15, 0.2) is 22.8 Å². The number of hydrogen-bond donors (Lipinski definition) is 1. The van der Waals surface area contributed by atoms with Gasteiger partial charge in [0, 0.05) is 19.0 Å². The molecule has 3 rings (SSSR count). The molecule has 100 valence electrons. The summed E-state index contributed by atoms with van der Waals surface area (Å²) in [6.45, 7) is 8.47. The van der Waals surface area contributed by atoms with Crippen molar-refractivity contribution in [3.8, 4) is 0 Å². The largest absolute Gasteiger partial charge is 0.469 e. The highest BCUT2D eigenvalue weighted by molar-refractivity contribution is 5.13. The molecule has 3 atom stereocenters. The van der Waals surface area contributed by atoms with E-state index < -0.39 is 0 Å². The van der Waals surface area contributed by atoms with E-state index in [-0.39, 0.29) is 0 Å². The van der Waals surface area contributed by atoms with Gasteiger partial charge in [-0.3, -0.25) is 0 Å². The van der Waals surface area contributed by atoms with Gasteiger partial charge >= 0.3 is 0 Å². The summed E-state index contributed by atoms with van der Waals surface area (Å²) in [5.41, 5.74) is 0.996. The Morgan fingerprint density at radius 3 is 2.78 bits per heavy atom. The topological polar surface area (TPSA) is 25.2 Å². The van der Waals surface area contributed by atoms with E-state index in [1.165, 1.54) is 19.3 Å². The number of hydrogen-bond acceptors (Lipinski definition) is 2. The lowest BCUT2D eigenvalue weighted by Crippen LogP contribution is -2.45. The normalized spacial score (nSPS) is 37.3. The molecule has 2 aliphatic carbocycles. The summed E-state index contributed by atoms with van der Waals surface area (Å²) in [5.74, 6) is 2.01. The molecule has 0 spiro atoms.